The van der Waals surface area contributed by atoms with Crippen molar-refractivity contribution in [3.63, 3.8) is 0 Å². The maximum Gasteiger partial charge on any atom is 0.253 e. The van der Waals surface area contributed by atoms with E-state index < -0.39 is 0 Å². The number of ketones is 1. The highest BCUT2D eigenvalue weighted by atomic mass is 16.2. The monoisotopic (exact) mass is 361 g/mol. The third kappa shape index (κ3) is 3.64. The van der Waals surface area contributed by atoms with Crippen LogP contribution in [0.2, 0.25) is 0 Å². The number of benzene rings is 2. The molecular weight excluding hydrogens is 338 g/mol. The van der Waals surface area contributed by atoms with Gasteiger partial charge in [-0.25, -0.2) is 0 Å². The van der Waals surface area contributed by atoms with Crippen LogP contribution in [0.1, 0.15) is 33.2 Å². The molecule has 0 aliphatic carbocycles. The summed E-state index contributed by atoms with van der Waals surface area (Å²) in [6.07, 6.45) is 1.71. The van der Waals surface area contributed by atoms with Crippen LogP contribution in [0, 0.1) is 0 Å². The molecule has 27 heavy (non-hydrogen) atoms. The van der Waals surface area contributed by atoms with E-state index in [0.717, 1.165) is 43.6 Å². The van der Waals surface area contributed by atoms with E-state index in [1.165, 1.54) is 5.56 Å². The molecule has 1 saturated heterocycles. The van der Waals surface area contributed by atoms with Crippen LogP contribution in [-0.2, 0) is 6.54 Å². The Labute approximate surface area is 158 Å². The molecule has 2 aromatic carbocycles. The van der Waals surface area contributed by atoms with Crippen molar-refractivity contribution in [2.45, 2.75) is 13.5 Å². The van der Waals surface area contributed by atoms with Gasteiger partial charge in [0, 0.05) is 61.0 Å². The van der Waals surface area contributed by atoms with Gasteiger partial charge in [0.15, 0.2) is 5.78 Å². The van der Waals surface area contributed by atoms with E-state index in [4.69, 9.17) is 0 Å². The lowest BCUT2D eigenvalue weighted by atomic mass is 10.1. The summed E-state index contributed by atoms with van der Waals surface area (Å²) in [6.45, 7) is 5.63. The highest BCUT2D eigenvalue weighted by Gasteiger charge is 2.23. The second-order valence-corrected chi connectivity index (χ2v) is 7.07. The lowest BCUT2D eigenvalue weighted by Crippen LogP contribution is -2.48. The first kappa shape index (κ1) is 17.5. The van der Waals surface area contributed by atoms with Gasteiger partial charge in [-0.2, -0.15) is 0 Å². The molecule has 0 atom stereocenters. The van der Waals surface area contributed by atoms with Gasteiger partial charge in [0.25, 0.3) is 5.91 Å². The van der Waals surface area contributed by atoms with Gasteiger partial charge in [0.05, 0.1) is 0 Å². The minimum Gasteiger partial charge on any atom is -0.360 e. The molecule has 1 aliphatic rings. The highest BCUT2D eigenvalue weighted by molar-refractivity contribution is 6.08. The fourth-order valence-corrected chi connectivity index (χ4v) is 3.68. The zero-order valence-corrected chi connectivity index (χ0v) is 15.4. The molecule has 0 saturated carbocycles. The zero-order chi connectivity index (χ0) is 18.8. The van der Waals surface area contributed by atoms with E-state index in [1.54, 1.807) is 13.1 Å². The summed E-state index contributed by atoms with van der Waals surface area (Å²) < 4.78 is 0. The molecule has 3 aromatic rings. The van der Waals surface area contributed by atoms with E-state index >= 15 is 0 Å². The Morgan fingerprint density at radius 3 is 2.44 bits per heavy atom. The van der Waals surface area contributed by atoms with E-state index in [1.807, 2.05) is 29.2 Å². The van der Waals surface area contributed by atoms with E-state index in [9.17, 15) is 9.59 Å². The minimum atomic E-state index is 0.000347. The average molecular weight is 361 g/mol. The number of nitrogens with one attached hydrogen (secondary N) is 1. The molecule has 0 bridgehead atoms. The SMILES string of the molecule is CC(=O)c1c[nH]c2ccc(C(=O)N3CCN(Cc4ccccc4)CC3)cc12. The Balaban J connectivity index is 1.44. The third-order valence-electron chi connectivity index (χ3n) is 5.22. The normalized spacial score (nSPS) is 15.2. The van der Waals surface area contributed by atoms with E-state index in [2.05, 4.69) is 34.1 Å². The van der Waals surface area contributed by atoms with Crippen LogP contribution >= 0.6 is 0 Å². The van der Waals surface area contributed by atoms with Gasteiger partial charge >= 0.3 is 0 Å². The number of nitrogens with zero attached hydrogens (tertiary/aromatic N) is 2. The van der Waals surface area contributed by atoms with E-state index in [0.29, 0.717) is 11.1 Å². The molecule has 1 amide bonds. The van der Waals surface area contributed by atoms with E-state index in [-0.39, 0.29) is 11.7 Å². The number of carbonyl (C=O) groups is 2. The Hall–Kier alpha value is -2.92. The maximum absolute atomic E-state index is 12.9. The Kier molecular flexibility index (Phi) is 4.77. The second-order valence-electron chi connectivity index (χ2n) is 7.07. The van der Waals surface area contributed by atoms with Gasteiger partial charge in [-0.3, -0.25) is 14.5 Å². The van der Waals surface area contributed by atoms with Crippen molar-refractivity contribution in [3.05, 3.63) is 71.4 Å². The maximum atomic E-state index is 12.9. The molecule has 1 aromatic heterocycles. The number of aromatic nitrogens is 1. The van der Waals surface area contributed by atoms with Gasteiger partial charge in [0.1, 0.15) is 0 Å². The molecule has 5 nitrogen and oxygen atoms in total. The molecular formula is C22H23N3O2. The summed E-state index contributed by atoms with van der Waals surface area (Å²) in [5.74, 6) is 0.0346. The number of H-pyrrole nitrogens is 1. The largest absolute Gasteiger partial charge is 0.360 e. The third-order valence-corrected chi connectivity index (χ3v) is 5.22. The minimum absolute atomic E-state index is 0.000347. The molecule has 2 heterocycles. The summed E-state index contributed by atoms with van der Waals surface area (Å²) in [7, 11) is 0. The number of hydrogen-bond donors (Lipinski definition) is 1. The summed E-state index contributed by atoms with van der Waals surface area (Å²) in [5.41, 5.74) is 3.45. The van der Waals surface area contributed by atoms with Gasteiger partial charge in [-0.1, -0.05) is 30.3 Å². The lowest BCUT2D eigenvalue weighted by molar-refractivity contribution is 0.0628. The van der Waals surface area contributed by atoms with Crippen LogP contribution in [0.4, 0.5) is 0 Å². The summed E-state index contributed by atoms with van der Waals surface area (Å²) in [4.78, 5) is 32.1. The molecule has 1 aliphatic heterocycles. The van der Waals surface area contributed by atoms with Crippen molar-refractivity contribution in [1.82, 2.24) is 14.8 Å². The van der Waals surface area contributed by atoms with Crippen molar-refractivity contribution in [2.24, 2.45) is 0 Å². The Morgan fingerprint density at radius 1 is 1.00 bits per heavy atom. The predicted octanol–water partition coefficient (Wildman–Crippen LogP) is 3.33. The molecule has 4 rings (SSSR count). The van der Waals surface area contributed by atoms with Crippen molar-refractivity contribution in [2.75, 3.05) is 26.2 Å². The summed E-state index contributed by atoms with van der Waals surface area (Å²) >= 11 is 0. The van der Waals surface area contributed by atoms with Crippen LogP contribution in [0.5, 0.6) is 0 Å². The molecule has 1 N–H and O–H groups in total. The van der Waals surface area contributed by atoms with Crippen LogP contribution in [0.25, 0.3) is 10.9 Å². The van der Waals surface area contributed by atoms with Crippen LogP contribution < -0.4 is 0 Å². The molecule has 1 fully saturated rings. The Morgan fingerprint density at radius 2 is 1.74 bits per heavy atom. The number of fused-ring (bicyclic) bond motifs is 1. The highest BCUT2D eigenvalue weighted by Crippen LogP contribution is 2.21. The zero-order valence-electron chi connectivity index (χ0n) is 15.4. The molecule has 0 unspecified atom stereocenters. The smallest absolute Gasteiger partial charge is 0.253 e. The number of rotatable bonds is 4. The predicted molar refractivity (Wildman–Crippen MR) is 106 cm³/mol. The number of carbonyl (C=O) groups excluding carboxylic acids is 2. The van der Waals surface area contributed by atoms with Crippen molar-refractivity contribution in [3.8, 4) is 0 Å². The molecule has 0 radical (unpaired) electrons. The van der Waals surface area contributed by atoms with Gasteiger partial charge < -0.3 is 9.88 Å². The molecule has 5 heteroatoms. The molecule has 138 valence electrons. The average Bonchev–Trinajstić information content (AvgIpc) is 3.12. The number of hydrogen-bond acceptors (Lipinski definition) is 3. The first-order chi connectivity index (χ1) is 13.1. The van der Waals surface area contributed by atoms with Crippen molar-refractivity contribution in [1.29, 1.82) is 0 Å². The topological polar surface area (TPSA) is 56.4 Å². The fraction of sp³-hybridized carbons (Fsp3) is 0.273. The van der Waals surface area contributed by atoms with Crippen LogP contribution in [0.3, 0.4) is 0 Å². The Bertz CT molecular complexity index is 970. The van der Waals surface area contributed by atoms with Gasteiger partial charge in [-0.05, 0) is 30.7 Å². The standard InChI is InChI=1S/C22H23N3O2/c1-16(26)20-14-23-21-8-7-18(13-19(20)21)22(27)25-11-9-24(10-12-25)15-17-5-3-2-4-6-17/h2-8,13-14,23H,9-12,15H2,1H3. The van der Waals surface area contributed by atoms with Gasteiger partial charge in [-0.15, -0.1) is 0 Å². The quantitative estimate of drug-likeness (QED) is 0.725. The number of piperazine rings is 1. The summed E-state index contributed by atoms with van der Waals surface area (Å²) in [5, 5.41) is 0.816. The molecule has 0 spiro atoms. The number of aromatic amines is 1. The first-order valence-electron chi connectivity index (χ1n) is 9.29. The summed E-state index contributed by atoms with van der Waals surface area (Å²) in [6, 6.07) is 16.0. The fourth-order valence-electron chi connectivity index (χ4n) is 3.68. The number of amides is 1. The lowest BCUT2D eigenvalue weighted by Gasteiger charge is -2.34. The van der Waals surface area contributed by atoms with Crippen molar-refractivity contribution >= 4 is 22.6 Å². The first-order valence-corrected chi connectivity index (χ1v) is 9.29. The van der Waals surface area contributed by atoms with Crippen LogP contribution in [0.15, 0.2) is 54.7 Å². The number of Topliss-reactive ketones (excluding diaryl/α,β-unsaturated/α-hetero) is 1. The van der Waals surface area contributed by atoms with Crippen LogP contribution in [-0.4, -0.2) is 52.7 Å². The second kappa shape index (κ2) is 7.37. The van der Waals surface area contributed by atoms with Gasteiger partial charge in [0.2, 0.25) is 0 Å². The van der Waals surface area contributed by atoms with Crippen molar-refractivity contribution < 1.29 is 9.59 Å².